The van der Waals surface area contributed by atoms with Crippen LogP contribution in [0, 0.1) is 11.7 Å². The molecule has 23 heavy (non-hydrogen) atoms. The Morgan fingerprint density at radius 1 is 1.35 bits per heavy atom. The van der Waals surface area contributed by atoms with Gasteiger partial charge < -0.3 is 11.1 Å². The van der Waals surface area contributed by atoms with Crippen LogP contribution in [0.3, 0.4) is 0 Å². The standard InChI is InChI=1S/C14H22FN3O3S.ClH/c1-9(2)6-11(8-16)18-22(20,21)12-4-5-13(15)14(7-12)17-10(3)19;/h4-5,7,9,11,18H,6,8,16H2,1-3H3,(H,17,19);1H. The van der Waals surface area contributed by atoms with Crippen LogP contribution in [-0.2, 0) is 14.8 Å². The number of halogens is 2. The first-order valence-electron chi connectivity index (χ1n) is 6.95. The average molecular weight is 368 g/mol. The average Bonchev–Trinajstić information content (AvgIpc) is 2.39. The van der Waals surface area contributed by atoms with Gasteiger partial charge in [-0.3, -0.25) is 4.79 Å². The molecule has 1 atom stereocenters. The van der Waals surface area contributed by atoms with Crippen molar-refractivity contribution in [3.8, 4) is 0 Å². The molecule has 0 fully saturated rings. The van der Waals surface area contributed by atoms with Crippen LogP contribution >= 0.6 is 12.4 Å². The SMILES string of the molecule is CC(=O)Nc1cc(S(=O)(=O)NC(CN)CC(C)C)ccc1F.Cl. The number of amides is 1. The second-order valence-corrected chi connectivity index (χ2v) is 7.22. The summed E-state index contributed by atoms with van der Waals surface area (Å²) < 4.78 is 40.7. The molecule has 0 heterocycles. The lowest BCUT2D eigenvalue weighted by Gasteiger charge is -2.19. The Balaban J connectivity index is 0.00000484. The van der Waals surface area contributed by atoms with E-state index in [-0.39, 0.29) is 35.5 Å². The Kier molecular flexibility index (Phi) is 8.68. The molecule has 1 aromatic rings. The van der Waals surface area contributed by atoms with Crippen molar-refractivity contribution in [2.75, 3.05) is 11.9 Å². The van der Waals surface area contributed by atoms with Gasteiger partial charge in [0.25, 0.3) is 0 Å². The molecule has 1 aromatic carbocycles. The van der Waals surface area contributed by atoms with E-state index in [0.717, 1.165) is 18.2 Å². The number of hydrogen-bond acceptors (Lipinski definition) is 4. The maximum absolute atomic E-state index is 13.6. The maximum Gasteiger partial charge on any atom is 0.240 e. The first-order valence-corrected chi connectivity index (χ1v) is 8.43. The molecular weight excluding hydrogens is 345 g/mol. The fourth-order valence-electron chi connectivity index (χ4n) is 2.01. The summed E-state index contributed by atoms with van der Waals surface area (Å²) >= 11 is 0. The molecule has 0 saturated heterocycles. The van der Waals surface area contributed by atoms with Gasteiger partial charge in [-0.15, -0.1) is 12.4 Å². The molecule has 1 unspecified atom stereocenters. The predicted molar refractivity (Wildman–Crippen MR) is 90.6 cm³/mol. The first kappa shape index (κ1) is 21.8. The van der Waals surface area contributed by atoms with Gasteiger partial charge in [-0.25, -0.2) is 17.5 Å². The van der Waals surface area contributed by atoms with E-state index in [2.05, 4.69) is 10.0 Å². The Hall–Kier alpha value is -1.22. The molecule has 6 nitrogen and oxygen atoms in total. The number of hydrogen-bond donors (Lipinski definition) is 3. The van der Waals surface area contributed by atoms with Crippen LogP contribution in [0.5, 0.6) is 0 Å². The van der Waals surface area contributed by atoms with Crippen LogP contribution in [0.2, 0.25) is 0 Å². The zero-order valence-electron chi connectivity index (χ0n) is 13.3. The van der Waals surface area contributed by atoms with Gasteiger partial charge in [0.15, 0.2) is 0 Å². The van der Waals surface area contributed by atoms with E-state index < -0.39 is 27.8 Å². The summed E-state index contributed by atoms with van der Waals surface area (Å²) in [6, 6.07) is 2.83. The normalized spacial score (nSPS) is 12.6. The van der Waals surface area contributed by atoms with Crippen LogP contribution in [0.1, 0.15) is 27.2 Å². The summed E-state index contributed by atoms with van der Waals surface area (Å²) in [5.74, 6) is -0.910. The Morgan fingerprint density at radius 3 is 2.43 bits per heavy atom. The fourth-order valence-corrected chi connectivity index (χ4v) is 3.29. The lowest BCUT2D eigenvalue weighted by atomic mass is 10.1. The van der Waals surface area contributed by atoms with Gasteiger partial charge in [0, 0.05) is 19.5 Å². The van der Waals surface area contributed by atoms with Crippen molar-refractivity contribution in [3.05, 3.63) is 24.0 Å². The van der Waals surface area contributed by atoms with E-state index in [9.17, 15) is 17.6 Å². The smallest absolute Gasteiger partial charge is 0.240 e. The molecule has 0 spiro atoms. The van der Waals surface area contributed by atoms with E-state index in [1.54, 1.807) is 0 Å². The Labute approximate surface area is 142 Å². The van der Waals surface area contributed by atoms with Crippen molar-refractivity contribution in [1.82, 2.24) is 4.72 Å². The van der Waals surface area contributed by atoms with Crippen molar-refractivity contribution in [1.29, 1.82) is 0 Å². The lowest BCUT2D eigenvalue weighted by Crippen LogP contribution is -2.41. The van der Waals surface area contributed by atoms with E-state index in [0.29, 0.717) is 6.42 Å². The maximum atomic E-state index is 13.6. The number of sulfonamides is 1. The lowest BCUT2D eigenvalue weighted by molar-refractivity contribution is -0.114. The highest BCUT2D eigenvalue weighted by Gasteiger charge is 2.21. The Bertz CT molecular complexity index is 638. The van der Waals surface area contributed by atoms with E-state index in [1.807, 2.05) is 13.8 Å². The van der Waals surface area contributed by atoms with Crippen molar-refractivity contribution in [3.63, 3.8) is 0 Å². The minimum absolute atomic E-state index is 0. The van der Waals surface area contributed by atoms with Crippen LogP contribution < -0.4 is 15.8 Å². The predicted octanol–water partition coefficient (Wildman–Crippen LogP) is 1.86. The number of benzene rings is 1. The minimum Gasteiger partial charge on any atom is -0.329 e. The molecule has 0 aliphatic carbocycles. The molecule has 0 saturated carbocycles. The highest BCUT2D eigenvalue weighted by atomic mass is 35.5. The van der Waals surface area contributed by atoms with Gasteiger partial charge >= 0.3 is 0 Å². The summed E-state index contributed by atoms with van der Waals surface area (Å²) in [7, 11) is -3.84. The number of nitrogens with one attached hydrogen (secondary N) is 2. The minimum atomic E-state index is -3.84. The summed E-state index contributed by atoms with van der Waals surface area (Å²) in [5, 5.41) is 2.25. The third-order valence-corrected chi connectivity index (χ3v) is 4.44. The van der Waals surface area contributed by atoms with E-state index in [1.165, 1.54) is 6.92 Å². The van der Waals surface area contributed by atoms with Gasteiger partial charge in [-0.05, 0) is 30.5 Å². The number of rotatable bonds is 7. The second kappa shape index (κ2) is 9.17. The first-order chi connectivity index (χ1) is 10.2. The highest BCUT2D eigenvalue weighted by molar-refractivity contribution is 7.89. The number of nitrogens with two attached hydrogens (primary N) is 1. The monoisotopic (exact) mass is 367 g/mol. The third kappa shape index (κ3) is 6.82. The van der Waals surface area contributed by atoms with Crippen LogP contribution in [0.25, 0.3) is 0 Å². The zero-order valence-corrected chi connectivity index (χ0v) is 14.9. The molecule has 0 aliphatic heterocycles. The van der Waals surface area contributed by atoms with Crippen molar-refractivity contribution >= 4 is 34.0 Å². The molecule has 0 bridgehead atoms. The number of carbonyl (C=O) groups is 1. The summed E-state index contributed by atoms with van der Waals surface area (Å²) in [5.41, 5.74) is 5.41. The summed E-state index contributed by atoms with van der Waals surface area (Å²) in [4.78, 5) is 10.9. The van der Waals surface area contributed by atoms with Crippen molar-refractivity contribution < 1.29 is 17.6 Å². The topological polar surface area (TPSA) is 101 Å². The molecule has 0 radical (unpaired) electrons. The van der Waals surface area contributed by atoms with Crippen LogP contribution in [0.15, 0.2) is 23.1 Å². The number of carbonyl (C=O) groups excluding carboxylic acids is 1. The zero-order chi connectivity index (χ0) is 16.9. The van der Waals surface area contributed by atoms with Gasteiger partial charge in [-0.1, -0.05) is 13.8 Å². The fraction of sp³-hybridized carbons (Fsp3) is 0.500. The molecule has 0 aromatic heterocycles. The van der Waals surface area contributed by atoms with Crippen LogP contribution in [0.4, 0.5) is 10.1 Å². The molecular formula is C14H23ClFN3O3S. The molecule has 1 rings (SSSR count). The van der Waals surface area contributed by atoms with Crippen molar-refractivity contribution in [2.45, 2.75) is 38.1 Å². The van der Waals surface area contributed by atoms with Gasteiger partial charge in [0.1, 0.15) is 5.82 Å². The third-order valence-electron chi connectivity index (χ3n) is 2.92. The quantitative estimate of drug-likeness (QED) is 0.684. The van der Waals surface area contributed by atoms with Crippen LogP contribution in [-0.4, -0.2) is 26.9 Å². The van der Waals surface area contributed by atoms with Gasteiger partial charge in [-0.2, -0.15) is 0 Å². The molecule has 9 heteroatoms. The van der Waals surface area contributed by atoms with E-state index in [4.69, 9.17) is 5.73 Å². The molecule has 4 N–H and O–H groups in total. The summed E-state index contributed by atoms with van der Waals surface area (Å²) in [6.07, 6.45) is 0.593. The molecule has 1 amide bonds. The number of anilines is 1. The second-order valence-electron chi connectivity index (χ2n) is 5.51. The van der Waals surface area contributed by atoms with Crippen molar-refractivity contribution in [2.24, 2.45) is 11.7 Å². The Morgan fingerprint density at radius 2 is 1.96 bits per heavy atom. The summed E-state index contributed by atoms with van der Waals surface area (Å²) in [6.45, 7) is 5.30. The molecule has 132 valence electrons. The van der Waals surface area contributed by atoms with Gasteiger partial charge in [0.05, 0.1) is 10.6 Å². The highest BCUT2D eigenvalue weighted by Crippen LogP contribution is 2.20. The van der Waals surface area contributed by atoms with Gasteiger partial charge in [0.2, 0.25) is 15.9 Å². The molecule has 0 aliphatic rings. The largest absolute Gasteiger partial charge is 0.329 e. The van der Waals surface area contributed by atoms with E-state index >= 15 is 0 Å².